The number of fused-ring (bicyclic) bond motifs is 1. The van der Waals surface area contributed by atoms with Crippen LogP contribution in [0.1, 0.15) is 27.2 Å². The minimum absolute atomic E-state index is 0.329. The van der Waals surface area contributed by atoms with Gasteiger partial charge in [0.15, 0.2) is 0 Å². The van der Waals surface area contributed by atoms with Crippen LogP contribution in [0.4, 0.5) is 5.95 Å². The normalized spacial score (nSPS) is 13.9. The van der Waals surface area contributed by atoms with Crippen LogP contribution in [-0.2, 0) is 13.0 Å². The summed E-state index contributed by atoms with van der Waals surface area (Å²) >= 11 is 0. The van der Waals surface area contributed by atoms with E-state index in [1.165, 1.54) is 5.56 Å². The van der Waals surface area contributed by atoms with Gasteiger partial charge >= 0.3 is 5.97 Å². The lowest BCUT2D eigenvalue weighted by molar-refractivity contribution is 0.0696. The Morgan fingerprint density at radius 3 is 2.90 bits per heavy atom. The number of aryl methyl sites for hydroxylation is 1. The Hall–Kier alpha value is -2.43. The molecule has 0 saturated heterocycles. The highest BCUT2D eigenvalue weighted by Crippen LogP contribution is 2.23. The van der Waals surface area contributed by atoms with Crippen molar-refractivity contribution in [2.45, 2.75) is 19.9 Å². The zero-order chi connectivity index (χ0) is 14.1. The van der Waals surface area contributed by atoms with Gasteiger partial charge in [0.1, 0.15) is 0 Å². The van der Waals surface area contributed by atoms with E-state index >= 15 is 0 Å². The molecule has 5 nitrogen and oxygen atoms in total. The number of benzene rings is 1. The van der Waals surface area contributed by atoms with E-state index in [1.54, 1.807) is 18.3 Å². The van der Waals surface area contributed by atoms with Crippen molar-refractivity contribution in [2.75, 3.05) is 11.4 Å². The number of carboxylic acid groups (broad SMARTS) is 1. The van der Waals surface area contributed by atoms with Crippen LogP contribution in [0.25, 0.3) is 0 Å². The van der Waals surface area contributed by atoms with Crippen LogP contribution in [0, 0.1) is 6.92 Å². The zero-order valence-electron chi connectivity index (χ0n) is 11.2. The second-order valence-electron chi connectivity index (χ2n) is 4.96. The van der Waals surface area contributed by atoms with E-state index in [4.69, 9.17) is 5.11 Å². The van der Waals surface area contributed by atoms with Crippen molar-refractivity contribution in [1.82, 2.24) is 9.97 Å². The Bertz CT molecular complexity index is 670. The van der Waals surface area contributed by atoms with Crippen LogP contribution in [0.5, 0.6) is 0 Å². The van der Waals surface area contributed by atoms with Gasteiger partial charge in [-0.2, -0.15) is 0 Å². The molecule has 1 aromatic heterocycles. The number of nitrogens with zero attached hydrogens (tertiary/aromatic N) is 3. The zero-order valence-corrected chi connectivity index (χ0v) is 11.2. The molecule has 2 heterocycles. The van der Waals surface area contributed by atoms with Crippen molar-refractivity contribution in [1.29, 1.82) is 0 Å². The van der Waals surface area contributed by atoms with E-state index in [9.17, 15) is 4.79 Å². The summed E-state index contributed by atoms with van der Waals surface area (Å²) in [5, 5.41) is 9.07. The lowest BCUT2D eigenvalue weighted by Gasteiger charge is -2.29. The maximum Gasteiger partial charge on any atom is 0.335 e. The second-order valence-corrected chi connectivity index (χ2v) is 4.96. The number of aromatic nitrogens is 2. The van der Waals surface area contributed by atoms with Gasteiger partial charge in [0.25, 0.3) is 0 Å². The number of carbonyl (C=O) groups is 1. The topological polar surface area (TPSA) is 66.3 Å². The maximum absolute atomic E-state index is 11.0. The first-order chi connectivity index (χ1) is 9.63. The van der Waals surface area contributed by atoms with Crippen LogP contribution >= 0.6 is 0 Å². The van der Waals surface area contributed by atoms with E-state index in [-0.39, 0.29) is 0 Å². The van der Waals surface area contributed by atoms with E-state index in [0.717, 1.165) is 24.2 Å². The lowest BCUT2D eigenvalue weighted by atomic mass is 9.97. The van der Waals surface area contributed by atoms with Crippen molar-refractivity contribution in [2.24, 2.45) is 0 Å². The highest BCUT2D eigenvalue weighted by atomic mass is 16.4. The van der Waals surface area contributed by atoms with Crippen LogP contribution in [0.3, 0.4) is 0 Å². The molecule has 0 atom stereocenters. The molecule has 3 rings (SSSR count). The fraction of sp³-hybridized carbons (Fsp3) is 0.267. The van der Waals surface area contributed by atoms with E-state index in [2.05, 4.69) is 14.9 Å². The van der Waals surface area contributed by atoms with Gasteiger partial charge in [0, 0.05) is 25.0 Å². The smallest absolute Gasteiger partial charge is 0.335 e. The molecule has 0 unspecified atom stereocenters. The Kier molecular flexibility index (Phi) is 3.10. The summed E-state index contributed by atoms with van der Waals surface area (Å²) in [5.41, 5.74) is 3.51. The average Bonchev–Trinajstić information content (AvgIpc) is 2.46. The summed E-state index contributed by atoms with van der Waals surface area (Å²) < 4.78 is 0. The molecule has 1 aromatic carbocycles. The molecule has 0 amide bonds. The highest BCUT2D eigenvalue weighted by molar-refractivity contribution is 5.88. The van der Waals surface area contributed by atoms with Gasteiger partial charge in [-0.15, -0.1) is 0 Å². The number of aromatic carboxylic acids is 1. The quantitative estimate of drug-likeness (QED) is 0.903. The fourth-order valence-corrected chi connectivity index (χ4v) is 2.45. The Morgan fingerprint density at radius 1 is 1.30 bits per heavy atom. The molecule has 20 heavy (non-hydrogen) atoms. The standard InChI is InChI=1S/C15H15N3O2/c1-10-4-6-16-15(17-10)18-7-5-11-2-3-12(14(19)20)8-13(11)9-18/h2-4,6,8H,5,7,9H2,1H3,(H,19,20). The fourth-order valence-electron chi connectivity index (χ4n) is 2.45. The van der Waals surface area contributed by atoms with Crippen LogP contribution in [0.15, 0.2) is 30.5 Å². The summed E-state index contributed by atoms with van der Waals surface area (Å²) in [6.07, 6.45) is 2.63. The molecule has 0 aliphatic carbocycles. The molecule has 0 radical (unpaired) electrons. The third-order valence-electron chi connectivity index (χ3n) is 3.53. The predicted molar refractivity (Wildman–Crippen MR) is 74.9 cm³/mol. The van der Waals surface area contributed by atoms with E-state index in [0.29, 0.717) is 18.1 Å². The summed E-state index contributed by atoms with van der Waals surface area (Å²) in [6.45, 7) is 3.44. The Balaban J connectivity index is 1.91. The van der Waals surface area contributed by atoms with E-state index < -0.39 is 5.97 Å². The summed E-state index contributed by atoms with van der Waals surface area (Å²) in [5.74, 6) is -0.187. The van der Waals surface area contributed by atoms with E-state index in [1.807, 2.05) is 19.1 Å². The number of anilines is 1. The number of hydrogen-bond acceptors (Lipinski definition) is 4. The number of carboxylic acids is 1. The second kappa shape index (κ2) is 4.92. The first-order valence-electron chi connectivity index (χ1n) is 6.53. The van der Waals surface area contributed by atoms with Gasteiger partial charge in [0.2, 0.25) is 5.95 Å². The van der Waals surface area contributed by atoms with Crippen LogP contribution < -0.4 is 4.90 Å². The average molecular weight is 269 g/mol. The lowest BCUT2D eigenvalue weighted by Crippen LogP contribution is -2.32. The predicted octanol–water partition coefficient (Wildman–Crippen LogP) is 2.05. The number of hydrogen-bond donors (Lipinski definition) is 1. The summed E-state index contributed by atoms with van der Waals surface area (Å²) in [7, 11) is 0. The van der Waals surface area contributed by atoms with Gasteiger partial charge in [-0.3, -0.25) is 0 Å². The first kappa shape index (κ1) is 12.6. The third kappa shape index (κ3) is 2.34. The molecular formula is C15H15N3O2. The number of rotatable bonds is 2. The molecule has 1 N–H and O–H groups in total. The molecule has 0 fully saturated rings. The highest BCUT2D eigenvalue weighted by Gasteiger charge is 2.19. The van der Waals surface area contributed by atoms with Gasteiger partial charge in [-0.25, -0.2) is 14.8 Å². The molecule has 0 saturated carbocycles. The molecule has 102 valence electrons. The van der Waals surface area contributed by atoms with Crippen molar-refractivity contribution in [3.63, 3.8) is 0 Å². The molecule has 5 heteroatoms. The van der Waals surface area contributed by atoms with Crippen LogP contribution in [0.2, 0.25) is 0 Å². The molecule has 1 aliphatic heterocycles. The van der Waals surface area contributed by atoms with Crippen molar-refractivity contribution >= 4 is 11.9 Å². The van der Waals surface area contributed by atoms with Gasteiger partial charge < -0.3 is 10.0 Å². The molecule has 0 spiro atoms. The Morgan fingerprint density at radius 2 is 2.15 bits per heavy atom. The van der Waals surface area contributed by atoms with Gasteiger partial charge in [-0.05, 0) is 42.7 Å². The van der Waals surface area contributed by atoms with Crippen molar-refractivity contribution in [3.05, 3.63) is 52.8 Å². The maximum atomic E-state index is 11.0. The largest absolute Gasteiger partial charge is 0.478 e. The molecule has 2 aromatic rings. The molecule has 0 bridgehead atoms. The Labute approximate surface area is 116 Å². The van der Waals surface area contributed by atoms with Crippen molar-refractivity contribution in [3.8, 4) is 0 Å². The first-order valence-corrected chi connectivity index (χ1v) is 6.53. The van der Waals surface area contributed by atoms with Crippen LogP contribution in [-0.4, -0.2) is 27.6 Å². The van der Waals surface area contributed by atoms with Gasteiger partial charge in [0.05, 0.1) is 5.56 Å². The molecular weight excluding hydrogens is 254 g/mol. The minimum atomic E-state index is -0.892. The monoisotopic (exact) mass is 269 g/mol. The molecule has 1 aliphatic rings. The summed E-state index contributed by atoms with van der Waals surface area (Å²) in [6, 6.07) is 7.19. The van der Waals surface area contributed by atoms with Crippen molar-refractivity contribution < 1.29 is 9.90 Å². The summed E-state index contributed by atoms with van der Waals surface area (Å²) in [4.78, 5) is 21.8. The van der Waals surface area contributed by atoms with Gasteiger partial charge in [-0.1, -0.05) is 6.07 Å². The third-order valence-corrected chi connectivity index (χ3v) is 3.53. The minimum Gasteiger partial charge on any atom is -0.478 e. The SMILES string of the molecule is Cc1ccnc(N2CCc3ccc(C(=O)O)cc3C2)n1.